The van der Waals surface area contributed by atoms with E-state index in [4.69, 9.17) is 27.9 Å². The van der Waals surface area contributed by atoms with E-state index in [-0.39, 0.29) is 34.6 Å². The van der Waals surface area contributed by atoms with Crippen molar-refractivity contribution in [3.63, 3.8) is 0 Å². The minimum absolute atomic E-state index is 0.196. The van der Waals surface area contributed by atoms with Crippen LogP contribution >= 0.6 is 23.2 Å². The molecule has 144 valence electrons. The standard InChI is InChI=1S/C21H18Cl2N2O3/c1-12-16(22)10-9-15(19(12)23)20(27)18-13(2)24-25(3)21(18)28-11-17(26)14-7-5-4-6-8-14/h4-10H,11H2,1-3H3. The molecule has 28 heavy (non-hydrogen) atoms. The first-order valence-electron chi connectivity index (χ1n) is 8.55. The van der Waals surface area contributed by atoms with Crippen molar-refractivity contribution in [1.82, 2.24) is 9.78 Å². The molecule has 3 rings (SSSR count). The number of hydrogen-bond donors (Lipinski definition) is 0. The molecule has 0 saturated heterocycles. The predicted molar refractivity (Wildman–Crippen MR) is 109 cm³/mol. The lowest BCUT2D eigenvalue weighted by Gasteiger charge is -2.10. The molecule has 0 atom stereocenters. The van der Waals surface area contributed by atoms with Gasteiger partial charge in [-0.05, 0) is 31.5 Å². The topological polar surface area (TPSA) is 61.2 Å². The van der Waals surface area contributed by atoms with Gasteiger partial charge in [-0.1, -0.05) is 53.5 Å². The molecule has 0 spiro atoms. The fourth-order valence-corrected chi connectivity index (χ4v) is 3.33. The number of carbonyl (C=O) groups is 2. The zero-order valence-corrected chi connectivity index (χ0v) is 17.1. The number of halogens is 2. The van der Waals surface area contributed by atoms with Gasteiger partial charge in [0.05, 0.1) is 10.7 Å². The number of Topliss-reactive ketones (excluding diaryl/α,β-unsaturated/α-hetero) is 1. The van der Waals surface area contributed by atoms with Crippen molar-refractivity contribution in [2.24, 2.45) is 7.05 Å². The summed E-state index contributed by atoms with van der Waals surface area (Å²) in [5.41, 5.74) is 2.22. The molecule has 1 heterocycles. The Morgan fingerprint density at radius 2 is 1.75 bits per heavy atom. The summed E-state index contributed by atoms with van der Waals surface area (Å²) in [6.07, 6.45) is 0. The number of ketones is 2. The average molecular weight is 417 g/mol. The SMILES string of the molecule is Cc1nn(C)c(OCC(=O)c2ccccc2)c1C(=O)c1ccc(Cl)c(C)c1Cl. The Morgan fingerprint density at radius 1 is 1.07 bits per heavy atom. The quantitative estimate of drug-likeness (QED) is 0.539. The maximum atomic E-state index is 13.2. The van der Waals surface area contributed by atoms with Gasteiger partial charge in [0.15, 0.2) is 12.4 Å². The van der Waals surface area contributed by atoms with Gasteiger partial charge in [0.2, 0.25) is 11.7 Å². The first-order chi connectivity index (χ1) is 13.3. The first-order valence-corrected chi connectivity index (χ1v) is 9.30. The lowest BCUT2D eigenvalue weighted by molar-refractivity contribution is 0.0908. The van der Waals surface area contributed by atoms with Crippen molar-refractivity contribution in [2.75, 3.05) is 6.61 Å². The molecule has 0 saturated carbocycles. The number of nitrogens with zero attached hydrogens (tertiary/aromatic N) is 2. The summed E-state index contributed by atoms with van der Waals surface area (Å²) in [6, 6.07) is 12.0. The molecule has 0 amide bonds. The minimum Gasteiger partial charge on any atom is -0.469 e. The summed E-state index contributed by atoms with van der Waals surface area (Å²) < 4.78 is 7.14. The third kappa shape index (κ3) is 3.81. The third-order valence-corrected chi connectivity index (χ3v) is 5.29. The Kier molecular flexibility index (Phi) is 5.87. The summed E-state index contributed by atoms with van der Waals surface area (Å²) in [5.74, 6) is -0.314. The van der Waals surface area contributed by atoms with Gasteiger partial charge < -0.3 is 4.74 Å². The molecule has 0 unspecified atom stereocenters. The molecule has 5 nitrogen and oxygen atoms in total. The number of aryl methyl sites for hydroxylation is 2. The summed E-state index contributed by atoms with van der Waals surface area (Å²) >= 11 is 12.4. The Morgan fingerprint density at radius 3 is 2.43 bits per heavy atom. The van der Waals surface area contributed by atoms with E-state index in [1.165, 1.54) is 4.68 Å². The first kappa shape index (κ1) is 20.1. The molecule has 0 fully saturated rings. The predicted octanol–water partition coefficient (Wildman–Crippen LogP) is 4.84. The molecule has 0 aliphatic heterocycles. The summed E-state index contributed by atoms with van der Waals surface area (Å²) in [6.45, 7) is 3.24. The summed E-state index contributed by atoms with van der Waals surface area (Å²) in [4.78, 5) is 25.5. The van der Waals surface area contributed by atoms with Crippen LogP contribution in [0.1, 0.15) is 37.5 Å². The molecule has 7 heteroatoms. The largest absolute Gasteiger partial charge is 0.469 e. The van der Waals surface area contributed by atoms with Gasteiger partial charge in [0.1, 0.15) is 5.56 Å². The number of rotatable bonds is 6. The van der Waals surface area contributed by atoms with Crippen molar-refractivity contribution in [3.8, 4) is 5.88 Å². The lowest BCUT2D eigenvalue weighted by Crippen LogP contribution is -2.15. The maximum Gasteiger partial charge on any atom is 0.223 e. The van der Waals surface area contributed by atoms with Gasteiger partial charge in [-0.25, -0.2) is 4.68 Å². The Labute approximate surface area is 172 Å². The van der Waals surface area contributed by atoms with Gasteiger partial charge in [-0.3, -0.25) is 9.59 Å². The Hall–Kier alpha value is -2.63. The highest BCUT2D eigenvalue weighted by Crippen LogP contribution is 2.32. The van der Waals surface area contributed by atoms with Gasteiger partial charge in [-0.2, -0.15) is 5.10 Å². The van der Waals surface area contributed by atoms with Crippen LogP contribution in [0, 0.1) is 13.8 Å². The van der Waals surface area contributed by atoms with E-state index in [0.29, 0.717) is 27.4 Å². The number of aromatic nitrogens is 2. The lowest BCUT2D eigenvalue weighted by atomic mass is 10.0. The van der Waals surface area contributed by atoms with Gasteiger partial charge >= 0.3 is 0 Å². The Bertz CT molecular complexity index is 1060. The number of benzene rings is 2. The van der Waals surface area contributed by atoms with Crippen molar-refractivity contribution in [2.45, 2.75) is 13.8 Å². The van der Waals surface area contributed by atoms with Crippen LogP contribution < -0.4 is 4.74 Å². The summed E-state index contributed by atoms with van der Waals surface area (Å²) in [5, 5.41) is 5.03. The second kappa shape index (κ2) is 8.17. The second-order valence-corrected chi connectivity index (χ2v) is 7.12. The van der Waals surface area contributed by atoms with Crippen LogP contribution in [-0.2, 0) is 7.05 Å². The van der Waals surface area contributed by atoms with E-state index in [1.807, 2.05) is 6.07 Å². The molecular weight excluding hydrogens is 399 g/mol. The number of hydrogen-bond acceptors (Lipinski definition) is 4. The normalized spacial score (nSPS) is 10.8. The van der Waals surface area contributed by atoms with E-state index in [9.17, 15) is 9.59 Å². The number of carbonyl (C=O) groups excluding carboxylic acids is 2. The highest BCUT2D eigenvalue weighted by Gasteiger charge is 2.26. The van der Waals surface area contributed by atoms with Crippen LogP contribution in [-0.4, -0.2) is 28.0 Å². The molecule has 2 aromatic carbocycles. The molecule has 0 aliphatic rings. The molecule has 0 aliphatic carbocycles. The molecule has 0 N–H and O–H groups in total. The van der Waals surface area contributed by atoms with Crippen molar-refractivity contribution >= 4 is 34.8 Å². The molecule has 0 bridgehead atoms. The monoisotopic (exact) mass is 416 g/mol. The van der Waals surface area contributed by atoms with E-state index in [2.05, 4.69) is 5.10 Å². The van der Waals surface area contributed by atoms with Crippen molar-refractivity contribution < 1.29 is 14.3 Å². The number of ether oxygens (including phenoxy) is 1. The average Bonchev–Trinajstić information content (AvgIpc) is 2.97. The zero-order chi connectivity index (χ0) is 20.4. The maximum absolute atomic E-state index is 13.2. The van der Waals surface area contributed by atoms with Crippen LogP contribution in [0.5, 0.6) is 5.88 Å². The summed E-state index contributed by atoms with van der Waals surface area (Å²) in [7, 11) is 1.65. The van der Waals surface area contributed by atoms with Crippen LogP contribution in [0.4, 0.5) is 0 Å². The van der Waals surface area contributed by atoms with Gasteiger partial charge in [0, 0.05) is 23.2 Å². The van der Waals surface area contributed by atoms with E-state index in [1.54, 1.807) is 57.3 Å². The molecule has 0 radical (unpaired) electrons. The van der Waals surface area contributed by atoms with Gasteiger partial charge in [0.25, 0.3) is 0 Å². The zero-order valence-electron chi connectivity index (χ0n) is 15.6. The highest BCUT2D eigenvalue weighted by atomic mass is 35.5. The highest BCUT2D eigenvalue weighted by molar-refractivity contribution is 6.38. The minimum atomic E-state index is -0.336. The Balaban J connectivity index is 1.92. The van der Waals surface area contributed by atoms with Crippen LogP contribution in [0.25, 0.3) is 0 Å². The van der Waals surface area contributed by atoms with Crippen LogP contribution in [0.2, 0.25) is 10.0 Å². The van der Waals surface area contributed by atoms with Crippen LogP contribution in [0.15, 0.2) is 42.5 Å². The molecule has 1 aromatic heterocycles. The molecule has 3 aromatic rings. The fraction of sp³-hybridized carbons (Fsp3) is 0.190. The van der Waals surface area contributed by atoms with Crippen molar-refractivity contribution in [1.29, 1.82) is 0 Å². The third-order valence-electron chi connectivity index (χ3n) is 4.40. The van der Waals surface area contributed by atoms with Gasteiger partial charge in [-0.15, -0.1) is 0 Å². The van der Waals surface area contributed by atoms with E-state index >= 15 is 0 Å². The van der Waals surface area contributed by atoms with E-state index in [0.717, 1.165) is 0 Å². The fourth-order valence-electron chi connectivity index (χ4n) is 2.88. The smallest absolute Gasteiger partial charge is 0.223 e. The molecular formula is C21H18Cl2N2O3. The van der Waals surface area contributed by atoms with Crippen LogP contribution in [0.3, 0.4) is 0 Å². The van der Waals surface area contributed by atoms with E-state index < -0.39 is 0 Å². The second-order valence-electron chi connectivity index (χ2n) is 6.33. The van der Waals surface area contributed by atoms with Crippen molar-refractivity contribution in [3.05, 3.63) is 80.5 Å².